The second-order valence-corrected chi connectivity index (χ2v) is 5.55. The Morgan fingerprint density at radius 1 is 1.16 bits per heavy atom. The van der Waals surface area contributed by atoms with Crippen LogP contribution in [0, 0.1) is 44.1 Å². The molecule has 0 amide bonds. The molecule has 1 heterocycles. The van der Waals surface area contributed by atoms with Gasteiger partial charge in [0, 0.05) is 28.9 Å². The third kappa shape index (κ3) is 4.55. The minimum Gasteiger partial charge on any atom is -0.345 e. The summed E-state index contributed by atoms with van der Waals surface area (Å²) in [4.78, 5) is 15.2. The number of nitriles is 3. The molecule has 2 rings (SSSR count). The minimum absolute atomic E-state index is 0.198. The molecule has 0 fully saturated rings. The Labute approximate surface area is 146 Å². The zero-order valence-electron chi connectivity index (χ0n) is 12.5. The highest BCUT2D eigenvalue weighted by Crippen LogP contribution is 2.32. The maximum Gasteiger partial charge on any atom is 0.272 e. The van der Waals surface area contributed by atoms with Gasteiger partial charge in [-0.1, -0.05) is 17.8 Å². The number of benzene rings is 1. The van der Waals surface area contributed by atoms with Gasteiger partial charge in [-0.05, 0) is 18.2 Å². The van der Waals surface area contributed by atoms with Crippen LogP contribution in [0.4, 0.5) is 11.4 Å². The standard InChI is InChI=1S/C16H8N6O2S/c17-8-11(9-18)15(10-19)21-12-5-13(22(23)24)7-14(6-12)25-16-3-1-2-4-20-16/h1-7,21H. The van der Waals surface area contributed by atoms with Gasteiger partial charge in [-0.25, -0.2) is 4.98 Å². The van der Waals surface area contributed by atoms with E-state index in [1.807, 2.05) is 0 Å². The first kappa shape index (κ1) is 17.5. The fourth-order valence-electron chi connectivity index (χ4n) is 1.78. The number of non-ortho nitro benzene ring substituents is 1. The van der Waals surface area contributed by atoms with E-state index < -0.39 is 10.5 Å². The van der Waals surface area contributed by atoms with Crippen molar-refractivity contribution in [1.29, 1.82) is 15.8 Å². The van der Waals surface area contributed by atoms with Gasteiger partial charge in [0.1, 0.15) is 28.9 Å². The molecule has 1 aromatic heterocycles. The molecule has 0 aliphatic carbocycles. The molecule has 0 aliphatic heterocycles. The van der Waals surface area contributed by atoms with Crippen molar-refractivity contribution >= 4 is 23.1 Å². The van der Waals surface area contributed by atoms with Gasteiger partial charge in [0.15, 0.2) is 5.57 Å². The average molecular weight is 348 g/mol. The largest absolute Gasteiger partial charge is 0.345 e. The zero-order chi connectivity index (χ0) is 18.2. The van der Waals surface area contributed by atoms with Gasteiger partial charge < -0.3 is 5.32 Å². The van der Waals surface area contributed by atoms with Gasteiger partial charge in [0.25, 0.3) is 5.69 Å². The number of pyridine rings is 1. The van der Waals surface area contributed by atoms with Crippen LogP contribution >= 0.6 is 11.8 Å². The van der Waals surface area contributed by atoms with Crippen molar-refractivity contribution in [2.45, 2.75) is 9.92 Å². The highest BCUT2D eigenvalue weighted by molar-refractivity contribution is 7.99. The molecule has 0 atom stereocenters. The summed E-state index contributed by atoms with van der Waals surface area (Å²) in [5.74, 6) is 0. The van der Waals surface area contributed by atoms with Gasteiger partial charge in [-0.3, -0.25) is 10.1 Å². The van der Waals surface area contributed by atoms with Crippen molar-refractivity contribution in [2.24, 2.45) is 0 Å². The van der Waals surface area contributed by atoms with Crippen LogP contribution in [0.2, 0.25) is 0 Å². The number of anilines is 1. The third-order valence-corrected chi connectivity index (χ3v) is 3.74. The number of hydrogen-bond donors (Lipinski definition) is 1. The summed E-state index contributed by atoms with van der Waals surface area (Å²) in [5, 5.41) is 41.1. The van der Waals surface area contributed by atoms with E-state index >= 15 is 0 Å². The zero-order valence-corrected chi connectivity index (χ0v) is 13.3. The van der Waals surface area contributed by atoms with Crippen LogP contribution in [0.1, 0.15) is 0 Å². The van der Waals surface area contributed by atoms with E-state index in [4.69, 9.17) is 15.8 Å². The quantitative estimate of drug-likeness (QED) is 0.492. The van der Waals surface area contributed by atoms with Crippen LogP contribution < -0.4 is 5.32 Å². The Hall–Kier alpha value is -3.87. The molecule has 0 saturated carbocycles. The summed E-state index contributed by atoms with van der Waals surface area (Å²) in [6.07, 6.45) is 1.60. The molecule has 120 valence electrons. The molecule has 9 heteroatoms. The Balaban J connectivity index is 2.44. The van der Waals surface area contributed by atoms with E-state index in [0.717, 1.165) is 0 Å². The summed E-state index contributed by atoms with van der Waals surface area (Å²) in [6.45, 7) is 0. The summed E-state index contributed by atoms with van der Waals surface area (Å²) in [7, 11) is 0. The average Bonchev–Trinajstić information content (AvgIpc) is 2.62. The molecule has 2 aromatic rings. The first-order valence-electron chi connectivity index (χ1n) is 6.67. The molecule has 1 aromatic carbocycles. The molecule has 0 aliphatic rings. The van der Waals surface area contributed by atoms with Crippen LogP contribution in [0.15, 0.2) is 63.8 Å². The molecule has 0 bridgehead atoms. The van der Waals surface area contributed by atoms with Gasteiger partial charge in [-0.15, -0.1) is 0 Å². The van der Waals surface area contributed by atoms with Gasteiger partial charge in [0.2, 0.25) is 0 Å². The molecule has 25 heavy (non-hydrogen) atoms. The molecular weight excluding hydrogens is 340 g/mol. The van der Waals surface area contributed by atoms with Crippen molar-refractivity contribution in [1.82, 2.24) is 4.98 Å². The van der Waals surface area contributed by atoms with E-state index in [1.165, 1.54) is 23.9 Å². The Morgan fingerprint density at radius 3 is 2.48 bits per heavy atom. The first-order chi connectivity index (χ1) is 12.1. The Kier molecular flexibility index (Phi) is 5.67. The lowest BCUT2D eigenvalue weighted by Crippen LogP contribution is -2.01. The van der Waals surface area contributed by atoms with Crippen LogP contribution in [0.5, 0.6) is 0 Å². The van der Waals surface area contributed by atoms with Crippen molar-refractivity contribution in [2.75, 3.05) is 5.32 Å². The molecule has 8 nitrogen and oxygen atoms in total. The predicted molar refractivity (Wildman–Crippen MR) is 88.9 cm³/mol. The summed E-state index contributed by atoms with van der Waals surface area (Å²) in [6, 6.07) is 14.3. The molecule has 0 spiro atoms. The predicted octanol–water partition coefficient (Wildman–Crippen LogP) is 3.38. The number of nitro benzene ring substituents is 1. The number of rotatable bonds is 5. The van der Waals surface area contributed by atoms with E-state index in [1.54, 1.807) is 48.7 Å². The van der Waals surface area contributed by atoms with Crippen LogP contribution in [0.3, 0.4) is 0 Å². The van der Waals surface area contributed by atoms with Crippen molar-refractivity contribution in [3.63, 3.8) is 0 Å². The molecule has 1 N–H and O–H groups in total. The highest BCUT2D eigenvalue weighted by atomic mass is 32.2. The summed E-state index contributed by atoms with van der Waals surface area (Å²) in [5.41, 5.74) is -0.671. The number of nitrogens with zero attached hydrogens (tertiary/aromatic N) is 5. The number of nitro groups is 1. The monoisotopic (exact) mass is 348 g/mol. The van der Waals surface area contributed by atoms with Crippen LogP contribution in [-0.2, 0) is 0 Å². The number of nitrogens with one attached hydrogen (secondary N) is 1. The lowest BCUT2D eigenvalue weighted by Gasteiger charge is -2.07. The van der Waals surface area contributed by atoms with Gasteiger partial charge >= 0.3 is 0 Å². The van der Waals surface area contributed by atoms with Gasteiger partial charge in [-0.2, -0.15) is 15.8 Å². The van der Waals surface area contributed by atoms with Crippen molar-refractivity contribution in [3.05, 3.63) is 64.0 Å². The topological polar surface area (TPSA) is 139 Å². The summed E-state index contributed by atoms with van der Waals surface area (Å²) >= 11 is 1.20. The number of aromatic nitrogens is 1. The first-order valence-corrected chi connectivity index (χ1v) is 7.49. The van der Waals surface area contributed by atoms with E-state index in [2.05, 4.69) is 10.3 Å². The number of allylic oxidation sites excluding steroid dienone is 2. The van der Waals surface area contributed by atoms with E-state index in [0.29, 0.717) is 9.92 Å². The Bertz CT molecular complexity index is 951. The molecular formula is C16H8N6O2S. The maximum absolute atomic E-state index is 11.1. The summed E-state index contributed by atoms with van der Waals surface area (Å²) < 4.78 is 0. The minimum atomic E-state index is -0.571. The van der Waals surface area contributed by atoms with Crippen LogP contribution in [0.25, 0.3) is 0 Å². The van der Waals surface area contributed by atoms with Crippen molar-refractivity contribution in [3.8, 4) is 18.2 Å². The highest BCUT2D eigenvalue weighted by Gasteiger charge is 2.13. The fourth-order valence-corrected chi connectivity index (χ4v) is 2.64. The lowest BCUT2D eigenvalue weighted by molar-refractivity contribution is -0.385. The molecule has 0 saturated heterocycles. The molecule has 0 unspecified atom stereocenters. The third-order valence-electron chi connectivity index (χ3n) is 2.82. The lowest BCUT2D eigenvalue weighted by atomic mass is 10.2. The van der Waals surface area contributed by atoms with Crippen molar-refractivity contribution < 1.29 is 4.92 Å². The smallest absolute Gasteiger partial charge is 0.272 e. The van der Waals surface area contributed by atoms with E-state index in [9.17, 15) is 10.1 Å². The van der Waals surface area contributed by atoms with Gasteiger partial charge in [0.05, 0.1) is 4.92 Å². The van der Waals surface area contributed by atoms with Crippen LogP contribution in [-0.4, -0.2) is 9.91 Å². The number of hydrogen-bond acceptors (Lipinski definition) is 8. The molecule has 0 radical (unpaired) electrons. The Morgan fingerprint density at radius 2 is 1.92 bits per heavy atom. The second-order valence-electron chi connectivity index (χ2n) is 4.45. The maximum atomic E-state index is 11.1. The SMILES string of the molecule is N#CC(C#N)=C(C#N)Nc1cc(Sc2ccccn2)cc([N+](=O)[O-])c1. The van der Waals surface area contributed by atoms with E-state index in [-0.39, 0.29) is 17.1 Å². The fraction of sp³-hybridized carbons (Fsp3) is 0. The second kappa shape index (κ2) is 8.11. The normalized spacial score (nSPS) is 9.16.